The van der Waals surface area contributed by atoms with Gasteiger partial charge in [0.05, 0.1) is 12.4 Å². The summed E-state index contributed by atoms with van der Waals surface area (Å²) < 4.78 is 0. The molecule has 2 heterocycles. The molecule has 1 fully saturated rings. The maximum Gasteiger partial charge on any atom is 0.149 e. The number of anilines is 2. The molecule has 1 N–H and O–H groups in total. The Morgan fingerprint density at radius 1 is 1.35 bits per heavy atom. The Kier molecular flexibility index (Phi) is 4.10. The third-order valence-corrected chi connectivity index (χ3v) is 3.95. The van der Waals surface area contributed by atoms with Crippen LogP contribution < -0.4 is 10.2 Å². The molecule has 2 rings (SSSR count). The quantitative estimate of drug-likeness (QED) is 0.893. The van der Waals surface area contributed by atoms with Crippen molar-refractivity contribution in [2.24, 2.45) is 0 Å². The van der Waals surface area contributed by atoms with Gasteiger partial charge in [0, 0.05) is 30.1 Å². The number of rotatable bonds is 3. The second kappa shape index (κ2) is 5.58. The van der Waals surface area contributed by atoms with Crippen LogP contribution in [0.2, 0.25) is 0 Å². The van der Waals surface area contributed by atoms with Gasteiger partial charge < -0.3 is 10.2 Å². The molecule has 1 saturated heterocycles. The lowest BCUT2D eigenvalue weighted by atomic mass is 10.3. The minimum absolute atomic E-state index is 0.656. The van der Waals surface area contributed by atoms with E-state index in [9.17, 15) is 0 Å². The van der Waals surface area contributed by atoms with Gasteiger partial charge in [-0.05, 0) is 6.92 Å². The number of hydrogen-bond acceptors (Lipinski definition) is 5. The SMILES string of the molecule is CCNc1cncc(N2CC(C)SC(C)C2)n1. The van der Waals surface area contributed by atoms with Crippen LogP contribution in [0, 0.1) is 0 Å². The van der Waals surface area contributed by atoms with Crippen LogP contribution in [0.1, 0.15) is 20.8 Å². The van der Waals surface area contributed by atoms with E-state index >= 15 is 0 Å². The van der Waals surface area contributed by atoms with E-state index < -0.39 is 0 Å². The molecular formula is C12H20N4S. The number of thioether (sulfide) groups is 1. The van der Waals surface area contributed by atoms with Crippen LogP contribution in [0.3, 0.4) is 0 Å². The van der Waals surface area contributed by atoms with Crippen molar-refractivity contribution in [3.05, 3.63) is 12.4 Å². The van der Waals surface area contributed by atoms with E-state index in [0.29, 0.717) is 10.5 Å². The molecule has 1 aliphatic heterocycles. The zero-order valence-electron chi connectivity index (χ0n) is 10.7. The lowest BCUT2D eigenvalue weighted by Crippen LogP contribution is -2.40. The molecule has 94 valence electrons. The maximum atomic E-state index is 4.60. The molecule has 0 aliphatic carbocycles. The van der Waals surface area contributed by atoms with Crippen molar-refractivity contribution < 1.29 is 0 Å². The largest absolute Gasteiger partial charge is 0.369 e. The lowest BCUT2D eigenvalue weighted by molar-refractivity contribution is 0.717. The van der Waals surface area contributed by atoms with Crippen molar-refractivity contribution in [1.29, 1.82) is 0 Å². The summed E-state index contributed by atoms with van der Waals surface area (Å²) in [5.74, 6) is 1.85. The monoisotopic (exact) mass is 252 g/mol. The van der Waals surface area contributed by atoms with E-state index in [1.54, 1.807) is 6.20 Å². The Hall–Kier alpha value is -0.970. The van der Waals surface area contributed by atoms with Crippen LogP contribution >= 0.6 is 11.8 Å². The maximum absolute atomic E-state index is 4.60. The standard InChI is InChI=1S/C12H20N4S/c1-4-14-11-5-13-6-12(15-11)16-7-9(2)17-10(3)8-16/h5-6,9-10H,4,7-8H2,1-3H3,(H,14,15). The molecule has 1 aromatic heterocycles. The Morgan fingerprint density at radius 3 is 2.71 bits per heavy atom. The predicted octanol–water partition coefficient (Wildman–Crippen LogP) is 2.24. The molecule has 0 aromatic carbocycles. The first-order valence-corrected chi connectivity index (χ1v) is 7.09. The van der Waals surface area contributed by atoms with E-state index in [1.807, 2.05) is 18.0 Å². The van der Waals surface area contributed by atoms with Crippen molar-refractivity contribution in [3.8, 4) is 0 Å². The summed E-state index contributed by atoms with van der Waals surface area (Å²) in [5, 5.41) is 4.52. The molecule has 2 atom stereocenters. The van der Waals surface area contributed by atoms with Crippen molar-refractivity contribution in [1.82, 2.24) is 9.97 Å². The molecule has 1 aliphatic rings. The highest BCUT2D eigenvalue weighted by Crippen LogP contribution is 2.27. The Bertz CT molecular complexity index is 361. The van der Waals surface area contributed by atoms with Crippen molar-refractivity contribution >= 4 is 23.4 Å². The normalized spacial score (nSPS) is 24.8. The summed E-state index contributed by atoms with van der Waals surface area (Å²) in [6.07, 6.45) is 3.63. The molecule has 1 aromatic rings. The molecule has 2 unspecified atom stereocenters. The van der Waals surface area contributed by atoms with Crippen LogP contribution in [0.5, 0.6) is 0 Å². The number of nitrogens with zero attached hydrogens (tertiary/aromatic N) is 3. The topological polar surface area (TPSA) is 41.1 Å². The van der Waals surface area contributed by atoms with Crippen LogP contribution in [-0.2, 0) is 0 Å². The molecule has 4 nitrogen and oxygen atoms in total. The van der Waals surface area contributed by atoms with E-state index in [1.165, 1.54) is 0 Å². The van der Waals surface area contributed by atoms with E-state index in [-0.39, 0.29) is 0 Å². The summed E-state index contributed by atoms with van der Waals surface area (Å²) in [6, 6.07) is 0. The Morgan fingerprint density at radius 2 is 2.06 bits per heavy atom. The lowest BCUT2D eigenvalue weighted by Gasteiger charge is -2.35. The summed E-state index contributed by atoms with van der Waals surface area (Å²) in [6.45, 7) is 9.60. The first-order chi connectivity index (χ1) is 8.19. The second-order valence-electron chi connectivity index (χ2n) is 4.46. The smallest absolute Gasteiger partial charge is 0.149 e. The summed E-state index contributed by atoms with van der Waals surface area (Å²) >= 11 is 2.05. The van der Waals surface area contributed by atoms with Crippen molar-refractivity contribution in [2.75, 3.05) is 29.9 Å². The van der Waals surface area contributed by atoms with Crippen molar-refractivity contribution in [2.45, 2.75) is 31.3 Å². The van der Waals surface area contributed by atoms with Crippen molar-refractivity contribution in [3.63, 3.8) is 0 Å². The highest BCUT2D eigenvalue weighted by molar-refractivity contribution is 8.00. The zero-order valence-corrected chi connectivity index (χ0v) is 11.5. The first kappa shape index (κ1) is 12.5. The van der Waals surface area contributed by atoms with Crippen LogP contribution in [0.25, 0.3) is 0 Å². The Labute approximate surface area is 107 Å². The van der Waals surface area contributed by atoms with E-state index in [2.05, 4.69) is 41.0 Å². The zero-order chi connectivity index (χ0) is 12.3. The second-order valence-corrected chi connectivity index (χ2v) is 6.34. The van der Waals surface area contributed by atoms with Gasteiger partial charge in [-0.15, -0.1) is 0 Å². The highest BCUT2D eigenvalue weighted by atomic mass is 32.2. The molecule has 0 bridgehead atoms. The summed E-state index contributed by atoms with van der Waals surface area (Å²) in [7, 11) is 0. The van der Waals surface area contributed by atoms with Crippen LogP contribution in [-0.4, -0.2) is 40.1 Å². The molecule has 5 heteroatoms. The van der Waals surface area contributed by atoms with Gasteiger partial charge in [-0.2, -0.15) is 11.8 Å². The van der Waals surface area contributed by atoms with Gasteiger partial charge in [0.25, 0.3) is 0 Å². The van der Waals surface area contributed by atoms with Crippen LogP contribution in [0.4, 0.5) is 11.6 Å². The molecule has 0 spiro atoms. The van der Waals surface area contributed by atoms with Gasteiger partial charge in [-0.3, -0.25) is 4.98 Å². The van der Waals surface area contributed by atoms with Gasteiger partial charge in [0.2, 0.25) is 0 Å². The van der Waals surface area contributed by atoms with Gasteiger partial charge in [-0.25, -0.2) is 4.98 Å². The number of nitrogens with one attached hydrogen (secondary N) is 1. The molecule has 0 saturated carbocycles. The molecular weight excluding hydrogens is 232 g/mol. The average Bonchev–Trinajstić information content (AvgIpc) is 2.28. The third-order valence-electron chi connectivity index (χ3n) is 2.72. The molecule has 0 amide bonds. The minimum Gasteiger partial charge on any atom is -0.369 e. The minimum atomic E-state index is 0.656. The predicted molar refractivity (Wildman–Crippen MR) is 74.9 cm³/mol. The summed E-state index contributed by atoms with van der Waals surface area (Å²) in [5.41, 5.74) is 0. The fourth-order valence-corrected chi connectivity index (χ4v) is 3.46. The molecule has 0 radical (unpaired) electrons. The van der Waals surface area contributed by atoms with Gasteiger partial charge in [0.15, 0.2) is 0 Å². The summed E-state index contributed by atoms with van der Waals surface area (Å²) in [4.78, 5) is 11.2. The molecule has 17 heavy (non-hydrogen) atoms. The first-order valence-electron chi connectivity index (χ1n) is 6.15. The van der Waals surface area contributed by atoms with Crippen LogP contribution in [0.15, 0.2) is 12.4 Å². The average molecular weight is 252 g/mol. The third kappa shape index (κ3) is 3.25. The fraction of sp³-hybridized carbons (Fsp3) is 0.667. The fourth-order valence-electron chi connectivity index (χ4n) is 2.14. The number of hydrogen-bond donors (Lipinski definition) is 1. The number of aromatic nitrogens is 2. The van der Waals surface area contributed by atoms with Gasteiger partial charge in [0.1, 0.15) is 11.6 Å². The van der Waals surface area contributed by atoms with E-state index in [0.717, 1.165) is 31.3 Å². The van der Waals surface area contributed by atoms with Gasteiger partial charge in [-0.1, -0.05) is 13.8 Å². The van der Waals surface area contributed by atoms with E-state index in [4.69, 9.17) is 0 Å². The van der Waals surface area contributed by atoms with Gasteiger partial charge >= 0.3 is 0 Å². The highest BCUT2D eigenvalue weighted by Gasteiger charge is 2.23. The Balaban J connectivity index is 2.12.